The molecule has 1 N–H and O–H groups in total. The number of hydrogen-bond donors (Lipinski definition) is 1. The molecule has 1 atom stereocenters. The molecule has 0 radical (unpaired) electrons. The van der Waals surface area contributed by atoms with Crippen LogP contribution in [0.15, 0.2) is 60.5 Å². The summed E-state index contributed by atoms with van der Waals surface area (Å²) in [6, 6.07) is 11.0. The second kappa shape index (κ2) is 8.95. The van der Waals surface area contributed by atoms with Crippen molar-refractivity contribution >= 4 is 22.9 Å². The molecule has 0 bridgehead atoms. The van der Waals surface area contributed by atoms with Crippen molar-refractivity contribution in [1.82, 2.24) is 14.9 Å². The van der Waals surface area contributed by atoms with Gasteiger partial charge in [-0.15, -0.1) is 11.3 Å². The predicted octanol–water partition coefficient (Wildman–Crippen LogP) is 4.32. The average Bonchev–Trinajstić information content (AvgIpc) is 3.24. The quantitative estimate of drug-likeness (QED) is 0.674. The Morgan fingerprint density at radius 2 is 2.04 bits per heavy atom. The average molecular weight is 395 g/mol. The molecule has 7 heteroatoms. The number of anilines is 1. The zero-order valence-corrected chi connectivity index (χ0v) is 16.3. The van der Waals surface area contributed by atoms with Gasteiger partial charge in [-0.1, -0.05) is 6.42 Å². The first kappa shape index (κ1) is 18.6. The fourth-order valence-corrected chi connectivity index (χ4v) is 3.99. The van der Waals surface area contributed by atoms with Gasteiger partial charge in [0.2, 0.25) is 5.91 Å². The van der Waals surface area contributed by atoms with E-state index in [1.165, 1.54) is 4.88 Å². The molecule has 1 aliphatic heterocycles. The highest BCUT2D eigenvalue weighted by Crippen LogP contribution is 2.24. The van der Waals surface area contributed by atoms with Gasteiger partial charge in [-0.2, -0.15) is 0 Å². The molecule has 28 heavy (non-hydrogen) atoms. The van der Waals surface area contributed by atoms with Crippen LogP contribution >= 0.6 is 11.3 Å². The van der Waals surface area contributed by atoms with Crippen LogP contribution < -0.4 is 10.1 Å². The molecule has 144 valence electrons. The van der Waals surface area contributed by atoms with Crippen molar-refractivity contribution in [3.8, 4) is 11.5 Å². The van der Waals surface area contributed by atoms with Crippen LogP contribution in [0.5, 0.6) is 11.5 Å². The number of nitrogens with one attached hydrogen (secondary N) is 1. The van der Waals surface area contributed by atoms with E-state index < -0.39 is 0 Å². The van der Waals surface area contributed by atoms with Crippen molar-refractivity contribution in [2.24, 2.45) is 0 Å². The summed E-state index contributed by atoms with van der Waals surface area (Å²) in [4.78, 5) is 24.5. The summed E-state index contributed by atoms with van der Waals surface area (Å²) in [7, 11) is 0. The van der Waals surface area contributed by atoms with Crippen LogP contribution in [0.2, 0.25) is 0 Å². The van der Waals surface area contributed by atoms with Crippen LogP contribution in [-0.2, 0) is 11.3 Å². The number of benzene rings is 1. The van der Waals surface area contributed by atoms with E-state index in [0.717, 1.165) is 38.0 Å². The number of rotatable bonds is 6. The molecular weight excluding hydrogens is 372 g/mol. The van der Waals surface area contributed by atoms with Crippen molar-refractivity contribution in [2.75, 3.05) is 11.9 Å². The molecule has 0 aliphatic carbocycles. The molecule has 4 rings (SSSR count). The van der Waals surface area contributed by atoms with Crippen LogP contribution in [0.25, 0.3) is 0 Å². The predicted molar refractivity (Wildman–Crippen MR) is 110 cm³/mol. The Morgan fingerprint density at radius 3 is 2.79 bits per heavy atom. The maximum absolute atomic E-state index is 12.9. The number of carbonyl (C=O) groups excluding carboxylic acids is 1. The van der Waals surface area contributed by atoms with Gasteiger partial charge in [0.25, 0.3) is 0 Å². The smallest absolute Gasteiger partial charge is 0.241 e. The minimum Gasteiger partial charge on any atom is -0.456 e. The van der Waals surface area contributed by atoms with E-state index in [0.29, 0.717) is 11.5 Å². The Labute approximate surface area is 168 Å². The van der Waals surface area contributed by atoms with Crippen molar-refractivity contribution in [3.05, 3.63) is 65.4 Å². The Kier molecular flexibility index (Phi) is 5.94. The standard InChI is InChI=1S/C21H22N4O2S/c26-21(20-5-1-2-11-25(20)14-19-13-23-15-28-19)24-16-6-8-17(9-7-16)27-18-4-3-10-22-12-18/h3-4,6-10,12-13,15,20H,1-2,5,11,14H2,(H,24,26)/t20-/m0/s1. The second-order valence-electron chi connectivity index (χ2n) is 6.75. The van der Waals surface area contributed by atoms with E-state index in [1.807, 2.05) is 48.1 Å². The molecule has 2 aromatic heterocycles. The van der Waals surface area contributed by atoms with Gasteiger partial charge in [-0.3, -0.25) is 19.7 Å². The summed E-state index contributed by atoms with van der Waals surface area (Å²) in [6.45, 7) is 1.72. The molecule has 0 unspecified atom stereocenters. The summed E-state index contributed by atoms with van der Waals surface area (Å²) in [5, 5.41) is 3.05. The molecule has 1 fully saturated rings. The van der Waals surface area contributed by atoms with Gasteiger partial charge in [0.15, 0.2) is 0 Å². The second-order valence-corrected chi connectivity index (χ2v) is 7.73. The van der Waals surface area contributed by atoms with Gasteiger partial charge in [0.1, 0.15) is 11.5 Å². The van der Waals surface area contributed by atoms with Gasteiger partial charge < -0.3 is 10.1 Å². The summed E-state index contributed by atoms with van der Waals surface area (Å²) >= 11 is 1.63. The zero-order valence-electron chi connectivity index (χ0n) is 15.5. The number of ether oxygens (including phenoxy) is 1. The molecule has 6 nitrogen and oxygen atoms in total. The van der Waals surface area contributed by atoms with Gasteiger partial charge in [0, 0.05) is 29.5 Å². The number of piperidine rings is 1. The summed E-state index contributed by atoms with van der Waals surface area (Å²) in [6.07, 6.45) is 8.34. The van der Waals surface area contributed by atoms with Crippen molar-refractivity contribution in [3.63, 3.8) is 0 Å². The van der Waals surface area contributed by atoms with Gasteiger partial charge in [0.05, 0.1) is 17.7 Å². The maximum atomic E-state index is 12.9. The number of aromatic nitrogens is 2. The number of likely N-dealkylation sites (tertiary alicyclic amines) is 1. The molecule has 1 saturated heterocycles. The number of thiazole rings is 1. The highest BCUT2D eigenvalue weighted by atomic mass is 32.1. The Hall–Kier alpha value is -2.77. The van der Waals surface area contributed by atoms with E-state index in [1.54, 1.807) is 23.7 Å². The fourth-order valence-electron chi connectivity index (χ4n) is 3.37. The minimum absolute atomic E-state index is 0.0464. The molecule has 3 heterocycles. The van der Waals surface area contributed by atoms with Crippen LogP contribution in [-0.4, -0.2) is 33.4 Å². The molecule has 0 saturated carbocycles. The SMILES string of the molecule is O=C(Nc1ccc(Oc2cccnc2)cc1)[C@@H]1CCCCN1Cc1cncs1. The lowest BCUT2D eigenvalue weighted by atomic mass is 10.0. The number of carbonyl (C=O) groups is 1. The van der Waals surface area contributed by atoms with Crippen LogP contribution in [0, 0.1) is 0 Å². The Bertz CT molecular complexity index is 885. The van der Waals surface area contributed by atoms with Gasteiger partial charge >= 0.3 is 0 Å². The fraction of sp³-hybridized carbons (Fsp3) is 0.286. The molecule has 1 amide bonds. The lowest BCUT2D eigenvalue weighted by Gasteiger charge is -2.34. The third kappa shape index (κ3) is 4.74. The van der Waals surface area contributed by atoms with Crippen LogP contribution in [0.1, 0.15) is 24.1 Å². The van der Waals surface area contributed by atoms with Gasteiger partial charge in [-0.05, 0) is 55.8 Å². The first-order chi connectivity index (χ1) is 13.8. The van der Waals surface area contributed by atoms with E-state index >= 15 is 0 Å². The van der Waals surface area contributed by atoms with Crippen molar-refractivity contribution < 1.29 is 9.53 Å². The lowest BCUT2D eigenvalue weighted by molar-refractivity contribution is -0.122. The Balaban J connectivity index is 1.37. The minimum atomic E-state index is -0.109. The first-order valence-electron chi connectivity index (χ1n) is 9.38. The van der Waals surface area contributed by atoms with Gasteiger partial charge in [-0.25, -0.2) is 0 Å². The zero-order chi connectivity index (χ0) is 19.2. The summed E-state index contributed by atoms with van der Waals surface area (Å²) < 4.78 is 5.74. The highest BCUT2D eigenvalue weighted by molar-refractivity contribution is 7.09. The molecule has 3 aromatic rings. The number of nitrogens with zero attached hydrogens (tertiary/aromatic N) is 3. The van der Waals surface area contributed by atoms with E-state index in [9.17, 15) is 4.79 Å². The van der Waals surface area contributed by atoms with Crippen molar-refractivity contribution in [1.29, 1.82) is 0 Å². The van der Waals surface area contributed by atoms with E-state index in [-0.39, 0.29) is 11.9 Å². The van der Waals surface area contributed by atoms with E-state index in [2.05, 4.69) is 20.2 Å². The maximum Gasteiger partial charge on any atom is 0.241 e. The molecule has 0 spiro atoms. The largest absolute Gasteiger partial charge is 0.456 e. The Morgan fingerprint density at radius 1 is 1.14 bits per heavy atom. The molecule has 1 aliphatic rings. The first-order valence-corrected chi connectivity index (χ1v) is 10.3. The monoisotopic (exact) mass is 394 g/mol. The topological polar surface area (TPSA) is 67.3 Å². The molecule has 1 aromatic carbocycles. The summed E-state index contributed by atoms with van der Waals surface area (Å²) in [5.41, 5.74) is 2.61. The number of amides is 1. The third-order valence-corrected chi connectivity index (χ3v) is 5.52. The normalized spacial score (nSPS) is 17.2. The third-order valence-electron chi connectivity index (χ3n) is 4.75. The summed E-state index contributed by atoms with van der Waals surface area (Å²) in [5.74, 6) is 1.43. The number of pyridine rings is 1. The highest BCUT2D eigenvalue weighted by Gasteiger charge is 2.29. The van der Waals surface area contributed by atoms with Crippen LogP contribution in [0.3, 0.4) is 0 Å². The lowest BCUT2D eigenvalue weighted by Crippen LogP contribution is -2.46. The number of hydrogen-bond acceptors (Lipinski definition) is 6. The van der Waals surface area contributed by atoms with Crippen LogP contribution in [0.4, 0.5) is 5.69 Å². The van der Waals surface area contributed by atoms with E-state index in [4.69, 9.17) is 4.74 Å². The molecular formula is C21H22N4O2S. The van der Waals surface area contributed by atoms with Crippen molar-refractivity contribution in [2.45, 2.75) is 31.8 Å².